The first-order chi connectivity index (χ1) is 13.5. The smallest absolute Gasteiger partial charge is 0.254 e. The molecule has 1 aliphatic rings. The number of nitrogens with two attached hydrogens (primary N) is 1. The molecule has 2 heterocycles. The summed E-state index contributed by atoms with van der Waals surface area (Å²) in [5, 5.41) is 8.88. The van der Waals surface area contributed by atoms with E-state index in [-0.39, 0.29) is 17.4 Å². The molecular formula is C19H21N7O2. The Balaban J connectivity index is 1.78. The van der Waals surface area contributed by atoms with E-state index in [1.165, 1.54) is 13.1 Å². The van der Waals surface area contributed by atoms with Crippen LogP contribution in [0.5, 0.6) is 0 Å². The van der Waals surface area contributed by atoms with E-state index < -0.39 is 5.91 Å². The third kappa shape index (κ3) is 5.13. The number of hydrogen-bond acceptors (Lipinski definition) is 7. The first-order valence-electron chi connectivity index (χ1n) is 8.77. The van der Waals surface area contributed by atoms with E-state index in [0.29, 0.717) is 23.7 Å². The fraction of sp³-hybridized carbons (Fsp3) is 0.211. The zero-order chi connectivity index (χ0) is 19.9. The summed E-state index contributed by atoms with van der Waals surface area (Å²) in [6, 6.07) is 7.13. The van der Waals surface area contributed by atoms with Gasteiger partial charge in [0.1, 0.15) is 5.82 Å². The molecule has 0 saturated carbocycles. The van der Waals surface area contributed by atoms with Gasteiger partial charge in [-0.25, -0.2) is 4.98 Å². The number of hydrogen-bond donors (Lipinski definition) is 4. The van der Waals surface area contributed by atoms with Crippen LogP contribution in [0.15, 0.2) is 47.7 Å². The van der Waals surface area contributed by atoms with Crippen molar-refractivity contribution in [1.29, 1.82) is 0 Å². The Morgan fingerprint density at radius 2 is 2.07 bits per heavy atom. The number of anilines is 4. The Labute approximate surface area is 162 Å². The molecule has 2 amide bonds. The number of nitrogens with zero attached hydrogens (tertiary/aromatic N) is 3. The lowest BCUT2D eigenvalue weighted by Gasteiger charge is -2.13. The maximum atomic E-state index is 11.7. The molecule has 0 saturated heterocycles. The number of benzene rings is 1. The lowest BCUT2D eigenvalue weighted by atomic mass is 10.1. The van der Waals surface area contributed by atoms with Crippen LogP contribution in [-0.2, 0) is 4.79 Å². The van der Waals surface area contributed by atoms with E-state index in [0.717, 1.165) is 18.6 Å². The molecule has 0 aliphatic carbocycles. The minimum atomic E-state index is -0.618. The Kier molecular flexibility index (Phi) is 5.95. The summed E-state index contributed by atoms with van der Waals surface area (Å²) in [5.41, 5.74) is 7.93. The van der Waals surface area contributed by atoms with Crippen LogP contribution in [0.4, 0.5) is 23.1 Å². The van der Waals surface area contributed by atoms with Crippen molar-refractivity contribution in [1.82, 2.24) is 9.97 Å². The maximum Gasteiger partial charge on any atom is 0.254 e. The molecule has 144 valence electrons. The Bertz CT molecular complexity index is 953. The number of rotatable bonds is 7. The van der Waals surface area contributed by atoms with E-state index in [9.17, 15) is 9.59 Å². The van der Waals surface area contributed by atoms with Crippen molar-refractivity contribution in [2.75, 3.05) is 22.5 Å². The summed E-state index contributed by atoms with van der Waals surface area (Å²) in [6.07, 6.45) is 6.93. The average Bonchev–Trinajstić information content (AvgIpc) is 2.67. The van der Waals surface area contributed by atoms with Crippen LogP contribution >= 0.6 is 0 Å². The summed E-state index contributed by atoms with van der Waals surface area (Å²) in [6.45, 7) is 1.90. The first kappa shape index (κ1) is 19.0. The predicted octanol–water partition coefficient (Wildman–Crippen LogP) is 2.44. The number of amides is 2. The van der Waals surface area contributed by atoms with Crippen molar-refractivity contribution in [2.45, 2.75) is 19.8 Å². The summed E-state index contributed by atoms with van der Waals surface area (Å²) in [5.74, 6) is -0.156. The lowest BCUT2D eigenvalue weighted by molar-refractivity contribution is -0.114. The Hall–Kier alpha value is -3.75. The van der Waals surface area contributed by atoms with Crippen LogP contribution in [0.1, 0.15) is 30.1 Å². The number of carbonyl (C=O) groups excluding carboxylic acids is 2. The molecule has 28 heavy (non-hydrogen) atoms. The monoisotopic (exact) mass is 379 g/mol. The van der Waals surface area contributed by atoms with Gasteiger partial charge < -0.3 is 21.7 Å². The van der Waals surface area contributed by atoms with Gasteiger partial charge in [-0.05, 0) is 31.0 Å². The summed E-state index contributed by atoms with van der Waals surface area (Å²) >= 11 is 0. The topological polar surface area (TPSA) is 134 Å². The zero-order valence-electron chi connectivity index (χ0n) is 15.4. The third-order valence-electron chi connectivity index (χ3n) is 3.92. The van der Waals surface area contributed by atoms with Gasteiger partial charge in [-0.1, -0.05) is 12.1 Å². The number of carbonyl (C=O) groups is 2. The summed E-state index contributed by atoms with van der Waals surface area (Å²) < 4.78 is 0. The van der Waals surface area contributed by atoms with Gasteiger partial charge in [0.15, 0.2) is 0 Å². The minimum absolute atomic E-state index is 0.161. The van der Waals surface area contributed by atoms with E-state index in [2.05, 4.69) is 30.9 Å². The molecule has 5 N–H and O–H groups in total. The zero-order valence-corrected chi connectivity index (χ0v) is 15.4. The molecule has 9 nitrogen and oxygen atoms in total. The molecule has 3 rings (SSSR count). The van der Waals surface area contributed by atoms with Crippen molar-refractivity contribution in [3.63, 3.8) is 0 Å². The number of aliphatic imine (C=N–C) groups is 1. The van der Waals surface area contributed by atoms with Crippen molar-refractivity contribution in [2.24, 2.45) is 10.7 Å². The van der Waals surface area contributed by atoms with Gasteiger partial charge >= 0.3 is 0 Å². The molecule has 0 spiro atoms. The molecule has 1 aromatic heterocycles. The molecule has 0 bridgehead atoms. The minimum Gasteiger partial charge on any atom is -0.365 e. The number of aromatic nitrogens is 2. The summed E-state index contributed by atoms with van der Waals surface area (Å²) in [4.78, 5) is 35.7. The van der Waals surface area contributed by atoms with E-state index in [1.54, 1.807) is 24.4 Å². The standard InChI is InChI=1S/C19H21N7O2/c1-12(27)24-13-6-4-7-14(9-13)25-19-23-11-16(17(20)28)18(26-19)22-10-15-5-2-3-8-21-15/h3-4,6-9,11H,2,5,10H2,1H3,(H2,20,28)(H,24,27)(H2,22,23,25,26). The van der Waals surface area contributed by atoms with Crippen molar-refractivity contribution in [3.8, 4) is 0 Å². The third-order valence-corrected chi connectivity index (χ3v) is 3.92. The lowest BCUT2D eigenvalue weighted by Crippen LogP contribution is -2.21. The van der Waals surface area contributed by atoms with Crippen molar-refractivity contribution in [3.05, 3.63) is 48.3 Å². The molecule has 1 aromatic carbocycles. The summed E-state index contributed by atoms with van der Waals surface area (Å²) in [7, 11) is 0. The molecule has 1 aliphatic heterocycles. The van der Waals surface area contributed by atoms with Gasteiger partial charge in [-0.3, -0.25) is 14.6 Å². The van der Waals surface area contributed by atoms with Crippen LogP contribution in [0, 0.1) is 0 Å². The molecule has 0 unspecified atom stereocenters. The van der Waals surface area contributed by atoms with Crippen LogP contribution in [-0.4, -0.2) is 34.0 Å². The van der Waals surface area contributed by atoms with Crippen LogP contribution < -0.4 is 21.7 Å². The predicted molar refractivity (Wildman–Crippen MR) is 109 cm³/mol. The quantitative estimate of drug-likeness (QED) is 0.584. The van der Waals surface area contributed by atoms with Gasteiger partial charge in [0.2, 0.25) is 11.9 Å². The second-order valence-electron chi connectivity index (χ2n) is 6.18. The number of nitrogens with one attached hydrogen (secondary N) is 3. The van der Waals surface area contributed by atoms with E-state index >= 15 is 0 Å². The fourth-order valence-electron chi connectivity index (χ4n) is 2.63. The van der Waals surface area contributed by atoms with Crippen LogP contribution in [0.25, 0.3) is 0 Å². The van der Waals surface area contributed by atoms with Gasteiger partial charge in [0.05, 0.1) is 12.1 Å². The Morgan fingerprint density at radius 3 is 2.79 bits per heavy atom. The maximum absolute atomic E-state index is 11.7. The highest BCUT2D eigenvalue weighted by Crippen LogP contribution is 2.20. The second kappa shape index (κ2) is 8.76. The fourth-order valence-corrected chi connectivity index (χ4v) is 2.63. The largest absolute Gasteiger partial charge is 0.365 e. The first-order valence-corrected chi connectivity index (χ1v) is 8.77. The molecule has 0 radical (unpaired) electrons. The highest BCUT2D eigenvalue weighted by molar-refractivity contribution is 5.98. The average molecular weight is 379 g/mol. The van der Waals surface area contributed by atoms with E-state index in [1.807, 2.05) is 12.1 Å². The molecule has 2 aromatic rings. The Morgan fingerprint density at radius 1 is 1.25 bits per heavy atom. The SMILES string of the molecule is CC(=O)Nc1cccc(Nc2ncc(C(N)=O)c(NCC3=NC=CCC3)n2)c1. The van der Waals surface area contributed by atoms with E-state index in [4.69, 9.17) is 5.73 Å². The van der Waals surface area contributed by atoms with Gasteiger partial charge in [-0.15, -0.1) is 0 Å². The molecule has 9 heteroatoms. The molecule has 0 fully saturated rings. The van der Waals surface area contributed by atoms with Crippen LogP contribution in [0.3, 0.4) is 0 Å². The van der Waals surface area contributed by atoms with Crippen molar-refractivity contribution < 1.29 is 9.59 Å². The normalized spacial score (nSPS) is 12.8. The highest BCUT2D eigenvalue weighted by Gasteiger charge is 2.13. The highest BCUT2D eigenvalue weighted by atomic mass is 16.1. The number of primary amides is 1. The molecule has 0 atom stereocenters. The van der Waals surface area contributed by atoms with Gasteiger partial charge in [0.25, 0.3) is 5.91 Å². The second-order valence-corrected chi connectivity index (χ2v) is 6.18. The van der Waals surface area contributed by atoms with Gasteiger partial charge in [-0.2, -0.15) is 4.98 Å². The van der Waals surface area contributed by atoms with Crippen molar-refractivity contribution >= 4 is 40.7 Å². The van der Waals surface area contributed by atoms with Gasteiger partial charge in [0, 0.05) is 36.4 Å². The van der Waals surface area contributed by atoms with Crippen LogP contribution in [0.2, 0.25) is 0 Å². The number of allylic oxidation sites excluding steroid dienone is 1. The molecular weight excluding hydrogens is 358 g/mol.